The highest BCUT2D eigenvalue weighted by atomic mass is 16.5. The second kappa shape index (κ2) is 7.49. The normalized spacial score (nSPS) is 11.8. The van der Waals surface area contributed by atoms with Crippen LogP contribution in [0.2, 0.25) is 0 Å². The van der Waals surface area contributed by atoms with Crippen molar-refractivity contribution in [1.82, 2.24) is 5.32 Å². The molecule has 1 amide bonds. The van der Waals surface area contributed by atoms with Crippen LogP contribution in [0.4, 0.5) is 5.69 Å². The molecular weight excluding hydrogens is 260 g/mol. The van der Waals surface area contributed by atoms with Gasteiger partial charge in [-0.05, 0) is 31.5 Å². The Morgan fingerprint density at radius 3 is 2.70 bits per heavy atom. The molecule has 0 aliphatic heterocycles. The van der Waals surface area contributed by atoms with Crippen LogP contribution in [-0.2, 0) is 14.3 Å². The van der Waals surface area contributed by atoms with Crippen molar-refractivity contribution in [1.29, 1.82) is 0 Å². The summed E-state index contributed by atoms with van der Waals surface area (Å²) in [5.74, 6) is -0.950. The first-order chi connectivity index (χ1) is 9.43. The SMILES string of the molecule is COCC(C)NC(=O)COC(=O)c1ccc(C)c(N)c1. The molecule has 0 heterocycles. The Hall–Kier alpha value is -2.08. The smallest absolute Gasteiger partial charge is 0.338 e. The topological polar surface area (TPSA) is 90.6 Å². The average Bonchev–Trinajstić information content (AvgIpc) is 2.39. The summed E-state index contributed by atoms with van der Waals surface area (Å²) < 4.78 is 9.80. The van der Waals surface area contributed by atoms with Gasteiger partial charge in [0, 0.05) is 18.8 Å². The highest BCUT2D eigenvalue weighted by Gasteiger charge is 2.12. The van der Waals surface area contributed by atoms with Crippen LogP contribution in [0, 0.1) is 6.92 Å². The van der Waals surface area contributed by atoms with E-state index in [1.54, 1.807) is 26.2 Å². The maximum absolute atomic E-state index is 11.7. The van der Waals surface area contributed by atoms with Gasteiger partial charge >= 0.3 is 5.97 Å². The number of benzene rings is 1. The van der Waals surface area contributed by atoms with Crippen molar-refractivity contribution in [2.24, 2.45) is 0 Å². The monoisotopic (exact) mass is 280 g/mol. The molecule has 1 rings (SSSR count). The Labute approximate surface area is 118 Å². The van der Waals surface area contributed by atoms with Crippen LogP contribution in [0.25, 0.3) is 0 Å². The predicted octanol–water partition coefficient (Wildman–Crippen LogP) is 0.885. The largest absolute Gasteiger partial charge is 0.452 e. The molecule has 0 saturated heterocycles. The molecule has 0 aliphatic rings. The van der Waals surface area contributed by atoms with Gasteiger partial charge in [-0.2, -0.15) is 0 Å². The van der Waals surface area contributed by atoms with Gasteiger partial charge in [-0.3, -0.25) is 4.79 Å². The number of aryl methyl sites for hydroxylation is 1. The molecule has 6 heteroatoms. The lowest BCUT2D eigenvalue weighted by Crippen LogP contribution is -2.38. The molecule has 0 saturated carbocycles. The molecule has 0 radical (unpaired) electrons. The lowest BCUT2D eigenvalue weighted by Gasteiger charge is -2.12. The molecule has 20 heavy (non-hydrogen) atoms. The number of nitrogen functional groups attached to an aromatic ring is 1. The fourth-order valence-electron chi connectivity index (χ4n) is 1.59. The number of hydrogen-bond donors (Lipinski definition) is 2. The summed E-state index contributed by atoms with van der Waals surface area (Å²) in [5.41, 5.74) is 7.43. The molecular formula is C14H20N2O4. The molecule has 0 aromatic heterocycles. The van der Waals surface area contributed by atoms with Crippen molar-refractivity contribution in [3.05, 3.63) is 29.3 Å². The number of nitrogens with one attached hydrogen (secondary N) is 1. The van der Waals surface area contributed by atoms with Gasteiger partial charge in [0.05, 0.1) is 12.2 Å². The van der Waals surface area contributed by atoms with E-state index < -0.39 is 5.97 Å². The van der Waals surface area contributed by atoms with E-state index in [1.165, 1.54) is 6.07 Å². The average molecular weight is 280 g/mol. The van der Waals surface area contributed by atoms with E-state index >= 15 is 0 Å². The Morgan fingerprint density at radius 2 is 2.10 bits per heavy atom. The predicted molar refractivity (Wildman–Crippen MR) is 75.4 cm³/mol. The van der Waals surface area contributed by atoms with Crippen molar-refractivity contribution in [2.45, 2.75) is 19.9 Å². The van der Waals surface area contributed by atoms with Crippen LogP contribution >= 0.6 is 0 Å². The number of nitrogens with two attached hydrogens (primary N) is 1. The lowest BCUT2D eigenvalue weighted by molar-refractivity contribution is -0.125. The van der Waals surface area contributed by atoms with Gasteiger partial charge < -0.3 is 20.5 Å². The van der Waals surface area contributed by atoms with Gasteiger partial charge in [-0.15, -0.1) is 0 Å². The van der Waals surface area contributed by atoms with E-state index in [0.717, 1.165) is 5.56 Å². The summed E-state index contributed by atoms with van der Waals surface area (Å²) in [5, 5.41) is 2.64. The van der Waals surface area contributed by atoms with Crippen LogP contribution < -0.4 is 11.1 Å². The van der Waals surface area contributed by atoms with Gasteiger partial charge in [0.25, 0.3) is 5.91 Å². The first-order valence-corrected chi connectivity index (χ1v) is 6.25. The minimum absolute atomic E-state index is 0.138. The molecule has 1 atom stereocenters. The van der Waals surface area contributed by atoms with Gasteiger partial charge in [0.2, 0.25) is 0 Å². The minimum Gasteiger partial charge on any atom is -0.452 e. The molecule has 1 aromatic rings. The van der Waals surface area contributed by atoms with E-state index in [-0.39, 0.29) is 18.6 Å². The molecule has 0 spiro atoms. The maximum Gasteiger partial charge on any atom is 0.338 e. The van der Waals surface area contributed by atoms with Gasteiger partial charge in [-0.25, -0.2) is 4.79 Å². The molecule has 3 N–H and O–H groups in total. The summed E-state index contributed by atoms with van der Waals surface area (Å²) in [6.07, 6.45) is 0. The van der Waals surface area contributed by atoms with Crippen molar-refractivity contribution >= 4 is 17.6 Å². The Morgan fingerprint density at radius 1 is 1.40 bits per heavy atom. The third-order valence-electron chi connectivity index (χ3n) is 2.67. The zero-order chi connectivity index (χ0) is 15.1. The third kappa shape index (κ3) is 4.89. The van der Waals surface area contributed by atoms with Crippen LogP contribution in [-0.4, -0.2) is 38.2 Å². The quantitative estimate of drug-likeness (QED) is 0.596. The number of carbonyl (C=O) groups is 2. The van der Waals surface area contributed by atoms with Crippen LogP contribution in [0.15, 0.2) is 18.2 Å². The Bertz CT molecular complexity index is 488. The van der Waals surface area contributed by atoms with E-state index in [2.05, 4.69) is 5.32 Å². The van der Waals surface area contributed by atoms with Crippen molar-refractivity contribution in [2.75, 3.05) is 26.1 Å². The zero-order valence-corrected chi connectivity index (χ0v) is 11.9. The Balaban J connectivity index is 2.46. The van der Waals surface area contributed by atoms with Crippen LogP contribution in [0.5, 0.6) is 0 Å². The highest BCUT2D eigenvalue weighted by Crippen LogP contribution is 2.13. The van der Waals surface area contributed by atoms with Crippen LogP contribution in [0.1, 0.15) is 22.8 Å². The minimum atomic E-state index is -0.578. The van der Waals surface area contributed by atoms with Gasteiger partial charge in [0.1, 0.15) is 0 Å². The number of anilines is 1. The van der Waals surface area contributed by atoms with Crippen molar-refractivity contribution in [3.63, 3.8) is 0 Å². The van der Waals surface area contributed by atoms with Crippen molar-refractivity contribution < 1.29 is 19.1 Å². The van der Waals surface area contributed by atoms with Gasteiger partial charge in [-0.1, -0.05) is 6.07 Å². The molecule has 0 bridgehead atoms. The highest BCUT2D eigenvalue weighted by molar-refractivity contribution is 5.92. The first-order valence-electron chi connectivity index (χ1n) is 6.25. The maximum atomic E-state index is 11.7. The van der Waals surface area contributed by atoms with Crippen LogP contribution in [0.3, 0.4) is 0 Å². The Kier molecular flexibility index (Phi) is 5.99. The van der Waals surface area contributed by atoms with E-state index in [0.29, 0.717) is 17.9 Å². The lowest BCUT2D eigenvalue weighted by atomic mass is 10.1. The summed E-state index contributed by atoms with van der Waals surface area (Å²) in [6.45, 7) is 3.70. The molecule has 1 unspecified atom stereocenters. The van der Waals surface area contributed by atoms with Gasteiger partial charge in [0.15, 0.2) is 6.61 Å². The number of esters is 1. The molecule has 110 valence electrons. The third-order valence-corrected chi connectivity index (χ3v) is 2.67. The second-order valence-electron chi connectivity index (χ2n) is 4.57. The zero-order valence-electron chi connectivity index (χ0n) is 11.9. The number of amides is 1. The summed E-state index contributed by atoms with van der Waals surface area (Å²) in [7, 11) is 1.55. The molecule has 6 nitrogen and oxygen atoms in total. The van der Waals surface area contributed by atoms with E-state index in [9.17, 15) is 9.59 Å². The van der Waals surface area contributed by atoms with E-state index in [4.69, 9.17) is 15.2 Å². The first kappa shape index (κ1) is 16.0. The molecule has 0 aliphatic carbocycles. The number of methoxy groups -OCH3 is 1. The van der Waals surface area contributed by atoms with Crippen molar-refractivity contribution in [3.8, 4) is 0 Å². The molecule has 0 fully saturated rings. The number of ether oxygens (including phenoxy) is 2. The summed E-state index contributed by atoms with van der Waals surface area (Å²) >= 11 is 0. The second-order valence-corrected chi connectivity index (χ2v) is 4.57. The molecule has 1 aromatic carbocycles. The number of carbonyl (C=O) groups excluding carboxylic acids is 2. The fraction of sp³-hybridized carbons (Fsp3) is 0.429. The van der Waals surface area contributed by atoms with E-state index in [1.807, 2.05) is 6.92 Å². The number of rotatable bonds is 6. The number of hydrogen-bond acceptors (Lipinski definition) is 5. The standard InChI is InChI=1S/C14H20N2O4/c1-9-4-5-11(6-12(9)15)14(18)20-8-13(17)16-10(2)7-19-3/h4-6,10H,7-8,15H2,1-3H3,(H,16,17). The summed E-state index contributed by atoms with van der Waals surface area (Å²) in [4.78, 5) is 23.3. The summed E-state index contributed by atoms with van der Waals surface area (Å²) in [6, 6.07) is 4.73. The fourth-order valence-corrected chi connectivity index (χ4v) is 1.59.